The van der Waals surface area contributed by atoms with Crippen LogP contribution in [-0.4, -0.2) is 36.1 Å². The SMILES string of the molecule is CCC1C(N)=NC(c2cc(NC(=O)c3ccc(F)cn3)ccc2F)CS1(=O)=O. The first-order valence-corrected chi connectivity index (χ1v) is 10.2. The molecule has 0 fully saturated rings. The van der Waals surface area contributed by atoms with Crippen molar-refractivity contribution in [3.05, 3.63) is 59.4 Å². The van der Waals surface area contributed by atoms with E-state index in [1.807, 2.05) is 0 Å². The lowest BCUT2D eigenvalue weighted by Crippen LogP contribution is -2.42. The minimum atomic E-state index is -3.58. The predicted molar refractivity (Wildman–Crippen MR) is 101 cm³/mol. The molecule has 2 aromatic rings. The Hall–Kier alpha value is -2.88. The number of nitrogens with zero attached hydrogens (tertiary/aromatic N) is 2. The molecule has 1 aromatic heterocycles. The number of pyridine rings is 1. The van der Waals surface area contributed by atoms with Crippen molar-refractivity contribution in [3.8, 4) is 0 Å². The Morgan fingerprint density at radius 1 is 1.29 bits per heavy atom. The monoisotopic (exact) mass is 408 g/mol. The van der Waals surface area contributed by atoms with E-state index in [1.54, 1.807) is 6.92 Å². The Morgan fingerprint density at radius 3 is 2.64 bits per heavy atom. The van der Waals surface area contributed by atoms with Gasteiger partial charge < -0.3 is 11.1 Å². The molecule has 3 N–H and O–H groups in total. The van der Waals surface area contributed by atoms with Gasteiger partial charge >= 0.3 is 0 Å². The molecule has 0 saturated carbocycles. The van der Waals surface area contributed by atoms with Crippen molar-refractivity contribution in [3.63, 3.8) is 0 Å². The molecule has 0 saturated heterocycles. The fourth-order valence-electron chi connectivity index (χ4n) is 3.03. The van der Waals surface area contributed by atoms with Gasteiger partial charge in [-0.15, -0.1) is 0 Å². The number of carbonyl (C=O) groups excluding carboxylic acids is 1. The zero-order chi connectivity index (χ0) is 20.5. The Morgan fingerprint density at radius 2 is 2.04 bits per heavy atom. The highest BCUT2D eigenvalue weighted by Crippen LogP contribution is 2.30. The van der Waals surface area contributed by atoms with Gasteiger partial charge in [-0.25, -0.2) is 22.2 Å². The van der Waals surface area contributed by atoms with Crippen molar-refractivity contribution in [1.29, 1.82) is 0 Å². The molecule has 0 spiro atoms. The molecule has 0 aliphatic carbocycles. The number of anilines is 1. The Labute approximate surface area is 160 Å². The zero-order valence-electron chi connectivity index (χ0n) is 14.9. The number of amidine groups is 1. The quantitative estimate of drug-likeness (QED) is 0.805. The molecule has 1 aliphatic rings. The number of rotatable bonds is 4. The van der Waals surface area contributed by atoms with Gasteiger partial charge in [0, 0.05) is 11.3 Å². The van der Waals surface area contributed by atoms with Crippen LogP contribution >= 0.6 is 0 Å². The molecule has 28 heavy (non-hydrogen) atoms. The lowest BCUT2D eigenvalue weighted by molar-refractivity contribution is 0.102. The second-order valence-corrected chi connectivity index (χ2v) is 8.58. The van der Waals surface area contributed by atoms with Gasteiger partial charge in [-0.05, 0) is 36.8 Å². The number of hydrogen-bond donors (Lipinski definition) is 2. The Kier molecular flexibility index (Phi) is 5.41. The van der Waals surface area contributed by atoms with Gasteiger partial charge in [0.1, 0.15) is 28.4 Å². The molecule has 1 aliphatic heterocycles. The topological polar surface area (TPSA) is 115 Å². The van der Waals surface area contributed by atoms with Crippen LogP contribution in [-0.2, 0) is 9.84 Å². The van der Waals surface area contributed by atoms with E-state index in [0.29, 0.717) is 0 Å². The summed E-state index contributed by atoms with van der Waals surface area (Å²) in [6, 6.07) is 5.02. The third-order valence-electron chi connectivity index (χ3n) is 4.40. The van der Waals surface area contributed by atoms with Crippen molar-refractivity contribution in [2.24, 2.45) is 10.7 Å². The molecular weight excluding hydrogens is 390 g/mol. The first kappa shape index (κ1) is 19.9. The van der Waals surface area contributed by atoms with Crippen LogP contribution in [0.25, 0.3) is 0 Å². The average molecular weight is 408 g/mol. The summed E-state index contributed by atoms with van der Waals surface area (Å²) in [7, 11) is -3.58. The summed E-state index contributed by atoms with van der Waals surface area (Å²) in [5.74, 6) is -2.30. The average Bonchev–Trinajstić information content (AvgIpc) is 2.62. The molecule has 1 aromatic carbocycles. The Balaban J connectivity index is 1.89. The van der Waals surface area contributed by atoms with Crippen LogP contribution in [0.2, 0.25) is 0 Å². The van der Waals surface area contributed by atoms with E-state index in [2.05, 4.69) is 15.3 Å². The first-order chi connectivity index (χ1) is 13.2. The highest BCUT2D eigenvalue weighted by Gasteiger charge is 2.36. The summed E-state index contributed by atoms with van der Waals surface area (Å²) in [6.45, 7) is 1.69. The fourth-order valence-corrected chi connectivity index (χ4v) is 4.89. The summed E-state index contributed by atoms with van der Waals surface area (Å²) >= 11 is 0. The van der Waals surface area contributed by atoms with Gasteiger partial charge in [-0.2, -0.15) is 0 Å². The minimum absolute atomic E-state index is 0.00550. The van der Waals surface area contributed by atoms with Gasteiger partial charge in [0.2, 0.25) is 0 Å². The molecule has 2 unspecified atom stereocenters. The number of hydrogen-bond acceptors (Lipinski definition) is 6. The van der Waals surface area contributed by atoms with E-state index in [-0.39, 0.29) is 35.0 Å². The van der Waals surface area contributed by atoms with Crippen LogP contribution in [0.3, 0.4) is 0 Å². The van der Waals surface area contributed by atoms with Crippen molar-refractivity contribution < 1.29 is 22.0 Å². The van der Waals surface area contributed by atoms with Crippen LogP contribution in [0.5, 0.6) is 0 Å². The number of carbonyl (C=O) groups is 1. The number of benzene rings is 1. The van der Waals surface area contributed by atoms with Crippen LogP contribution < -0.4 is 11.1 Å². The second kappa shape index (κ2) is 7.63. The number of aromatic nitrogens is 1. The number of aliphatic imine (C=N–C) groups is 1. The number of nitrogens with two attached hydrogens (primary N) is 1. The van der Waals surface area contributed by atoms with Crippen molar-refractivity contribution >= 4 is 27.3 Å². The van der Waals surface area contributed by atoms with Crippen LogP contribution in [0.15, 0.2) is 41.5 Å². The summed E-state index contributed by atoms with van der Waals surface area (Å²) in [5, 5.41) is 1.64. The number of halogens is 2. The molecular formula is C18H18F2N4O3S. The summed E-state index contributed by atoms with van der Waals surface area (Å²) in [5.41, 5.74) is 5.99. The summed E-state index contributed by atoms with van der Waals surface area (Å²) in [4.78, 5) is 20.0. The second-order valence-electron chi connectivity index (χ2n) is 6.35. The van der Waals surface area contributed by atoms with Crippen LogP contribution in [0.1, 0.15) is 35.4 Å². The molecule has 0 radical (unpaired) electrons. The van der Waals surface area contributed by atoms with Crippen molar-refractivity contribution in [1.82, 2.24) is 4.98 Å². The van der Waals surface area contributed by atoms with Gasteiger partial charge in [0.05, 0.1) is 18.0 Å². The van der Waals surface area contributed by atoms with Gasteiger partial charge in [-0.3, -0.25) is 9.79 Å². The molecule has 3 rings (SSSR count). The smallest absolute Gasteiger partial charge is 0.274 e. The van der Waals surface area contributed by atoms with Crippen molar-refractivity contribution in [2.45, 2.75) is 24.6 Å². The standard InChI is InChI=1S/C18H18F2N4O3S/c1-2-16-17(21)24-15(9-28(16,26)27)12-7-11(4-5-13(12)20)23-18(25)14-6-3-10(19)8-22-14/h3-8,15-16H,2,9H2,1H3,(H2,21,24)(H,23,25). The molecule has 148 valence electrons. The maximum Gasteiger partial charge on any atom is 0.274 e. The maximum atomic E-state index is 14.3. The number of sulfone groups is 1. The normalized spacial score (nSPS) is 21.0. The van der Waals surface area contributed by atoms with E-state index < -0.39 is 38.7 Å². The number of nitrogens with one attached hydrogen (secondary N) is 1. The van der Waals surface area contributed by atoms with Gasteiger partial charge in [0.15, 0.2) is 9.84 Å². The van der Waals surface area contributed by atoms with Gasteiger partial charge in [0.25, 0.3) is 5.91 Å². The van der Waals surface area contributed by atoms with E-state index in [1.165, 1.54) is 18.2 Å². The molecule has 0 bridgehead atoms. The fraction of sp³-hybridized carbons (Fsp3) is 0.278. The number of amides is 1. The Bertz CT molecular complexity index is 1040. The molecule has 10 heteroatoms. The lowest BCUT2D eigenvalue weighted by atomic mass is 10.1. The lowest BCUT2D eigenvalue weighted by Gasteiger charge is -2.26. The van der Waals surface area contributed by atoms with E-state index >= 15 is 0 Å². The van der Waals surface area contributed by atoms with Crippen LogP contribution in [0, 0.1) is 11.6 Å². The van der Waals surface area contributed by atoms with Crippen molar-refractivity contribution in [2.75, 3.05) is 11.1 Å². The predicted octanol–water partition coefficient (Wildman–Crippen LogP) is 2.22. The highest BCUT2D eigenvalue weighted by molar-refractivity contribution is 7.92. The largest absolute Gasteiger partial charge is 0.386 e. The van der Waals surface area contributed by atoms with E-state index in [9.17, 15) is 22.0 Å². The van der Waals surface area contributed by atoms with Gasteiger partial charge in [-0.1, -0.05) is 6.92 Å². The minimum Gasteiger partial charge on any atom is -0.386 e. The summed E-state index contributed by atoms with van der Waals surface area (Å²) < 4.78 is 52.1. The molecule has 2 atom stereocenters. The highest BCUT2D eigenvalue weighted by atomic mass is 32.2. The van der Waals surface area contributed by atoms with E-state index in [0.717, 1.165) is 18.3 Å². The molecule has 1 amide bonds. The zero-order valence-corrected chi connectivity index (χ0v) is 15.7. The first-order valence-electron chi connectivity index (χ1n) is 8.48. The molecule has 7 nitrogen and oxygen atoms in total. The van der Waals surface area contributed by atoms with Crippen LogP contribution in [0.4, 0.5) is 14.5 Å². The molecule has 2 heterocycles. The summed E-state index contributed by atoms with van der Waals surface area (Å²) in [6.07, 6.45) is 1.19. The maximum absolute atomic E-state index is 14.3. The third-order valence-corrected chi connectivity index (χ3v) is 6.62. The third kappa shape index (κ3) is 4.01. The van der Waals surface area contributed by atoms with E-state index in [4.69, 9.17) is 5.73 Å².